The molecule has 1 aromatic carbocycles. The van der Waals surface area contributed by atoms with Crippen molar-refractivity contribution in [2.45, 2.75) is 19.8 Å². The van der Waals surface area contributed by atoms with Gasteiger partial charge >= 0.3 is 6.09 Å². The van der Waals surface area contributed by atoms with Gasteiger partial charge in [-0.3, -0.25) is 15.5 Å². The quantitative estimate of drug-likeness (QED) is 0.489. The van der Waals surface area contributed by atoms with Crippen molar-refractivity contribution in [3.05, 3.63) is 33.8 Å². The van der Waals surface area contributed by atoms with Crippen molar-refractivity contribution in [2.24, 2.45) is 11.5 Å². The lowest BCUT2D eigenvalue weighted by Gasteiger charge is -2.06. The Morgan fingerprint density at radius 1 is 1.27 bits per heavy atom. The molecule has 0 saturated heterocycles. The fourth-order valence-electron chi connectivity index (χ4n) is 1.26. The van der Waals surface area contributed by atoms with Gasteiger partial charge in [0.25, 0.3) is 0 Å². The van der Waals surface area contributed by atoms with Gasteiger partial charge in [0, 0.05) is 10.0 Å². The monoisotopic (exact) mass is 348 g/mol. The van der Waals surface area contributed by atoms with Gasteiger partial charge in [-0.2, -0.15) is 0 Å². The molecule has 7 nitrogen and oxygen atoms in total. The summed E-state index contributed by atoms with van der Waals surface area (Å²) in [4.78, 5) is 21.0. The van der Waals surface area contributed by atoms with Crippen LogP contribution in [0.4, 0.5) is 4.79 Å². The number of carbonyl (C=O) groups excluding carboxylic acids is 2. The third-order valence-electron chi connectivity index (χ3n) is 2.12. The lowest BCUT2D eigenvalue weighted by molar-refractivity contribution is -0.119. The first-order chi connectivity index (χ1) is 10.3. The molecule has 0 bridgehead atoms. The van der Waals surface area contributed by atoms with Gasteiger partial charge in [0.2, 0.25) is 5.91 Å². The number of nitrogens with two attached hydrogens (primary N) is 2. The summed E-state index contributed by atoms with van der Waals surface area (Å²) < 4.78 is 4.33. The molecule has 0 saturated carbocycles. The zero-order valence-electron chi connectivity index (χ0n) is 12.0. The van der Waals surface area contributed by atoms with E-state index in [4.69, 9.17) is 34.3 Å². The van der Waals surface area contributed by atoms with Crippen LogP contribution in [0.25, 0.3) is 0 Å². The summed E-state index contributed by atoms with van der Waals surface area (Å²) in [6.45, 7) is 2.33. The van der Waals surface area contributed by atoms with Crippen LogP contribution in [0.2, 0.25) is 10.0 Å². The Morgan fingerprint density at radius 3 is 2.18 bits per heavy atom. The number of nitrogens with one attached hydrogen (secondary N) is 2. The number of primary amides is 1. The normalized spacial score (nSPS) is 9.23. The second kappa shape index (κ2) is 10.7. The van der Waals surface area contributed by atoms with Crippen LogP contribution in [0, 0.1) is 5.41 Å². The fourth-order valence-corrected chi connectivity index (χ4v) is 1.79. The number of guanidine groups is 1. The van der Waals surface area contributed by atoms with Crippen LogP contribution >= 0.6 is 23.2 Å². The van der Waals surface area contributed by atoms with Crippen molar-refractivity contribution in [1.29, 1.82) is 5.41 Å². The van der Waals surface area contributed by atoms with Crippen LogP contribution in [0.5, 0.6) is 0 Å². The predicted molar refractivity (Wildman–Crippen MR) is 86.0 cm³/mol. The fraction of sp³-hybridized carbons (Fsp3) is 0.308. The number of hydrogen-bond acceptors (Lipinski definition) is 4. The smallest absolute Gasteiger partial charge is 0.404 e. The average Bonchev–Trinajstić information content (AvgIpc) is 2.40. The van der Waals surface area contributed by atoms with Gasteiger partial charge in [-0.15, -0.1) is 0 Å². The molecule has 0 fully saturated rings. The molecule has 0 aromatic heterocycles. The third-order valence-corrected chi connectivity index (χ3v) is 2.83. The van der Waals surface area contributed by atoms with Gasteiger partial charge in [-0.1, -0.05) is 36.2 Å². The Morgan fingerprint density at radius 2 is 1.82 bits per heavy atom. The van der Waals surface area contributed by atoms with Crippen LogP contribution in [0.15, 0.2) is 18.2 Å². The molecule has 0 atom stereocenters. The average molecular weight is 349 g/mol. The van der Waals surface area contributed by atoms with Gasteiger partial charge in [0.1, 0.15) is 0 Å². The molecule has 6 N–H and O–H groups in total. The Balaban J connectivity index is 0.000000534. The van der Waals surface area contributed by atoms with Crippen molar-refractivity contribution >= 4 is 41.2 Å². The van der Waals surface area contributed by atoms with Gasteiger partial charge in [-0.05, 0) is 24.1 Å². The molecule has 1 aromatic rings. The first-order valence-electron chi connectivity index (χ1n) is 6.26. The predicted octanol–water partition coefficient (Wildman–Crippen LogP) is 2.04. The van der Waals surface area contributed by atoms with Gasteiger partial charge < -0.3 is 16.2 Å². The van der Waals surface area contributed by atoms with E-state index in [2.05, 4.69) is 15.8 Å². The summed E-state index contributed by atoms with van der Waals surface area (Å²) in [6, 6.07) is 4.98. The zero-order chi connectivity index (χ0) is 17.1. The summed E-state index contributed by atoms with van der Waals surface area (Å²) in [6.07, 6.45) is 0.128. The molecule has 0 spiro atoms. The van der Waals surface area contributed by atoms with Crippen LogP contribution in [-0.2, 0) is 16.0 Å². The van der Waals surface area contributed by atoms with Gasteiger partial charge in [-0.25, -0.2) is 4.79 Å². The summed E-state index contributed by atoms with van der Waals surface area (Å²) >= 11 is 11.7. The molecule has 0 aliphatic carbocycles. The summed E-state index contributed by atoms with van der Waals surface area (Å²) in [5.74, 6) is -0.819. The number of carbonyl (C=O) groups is 2. The summed E-state index contributed by atoms with van der Waals surface area (Å²) in [7, 11) is 0. The number of amides is 2. The molecule has 0 radical (unpaired) electrons. The van der Waals surface area contributed by atoms with E-state index in [0.29, 0.717) is 22.2 Å². The molecule has 0 unspecified atom stereocenters. The van der Waals surface area contributed by atoms with E-state index in [1.807, 2.05) is 6.92 Å². The Bertz CT molecular complexity index is 518. The molecule has 122 valence electrons. The van der Waals surface area contributed by atoms with Crippen LogP contribution in [0.1, 0.15) is 18.9 Å². The van der Waals surface area contributed by atoms with Crippen molar-refractivity contribution < 1.29 is 14.3 Å². The second-order valence-corrected chi connectivity index (χ2v) is 4.82. The lowest BCUT2D eigenvalue weighted by atomic mass is 10.1. The second-order valence-electron chi connectivity index (χ2n) is 4.01. The van der Waals surface area contributed by atoms with Crippen LogP contribution < -0.4 is 16.8 Å². The standard InChI is InChI=1S/C9H9Cl2N3O.C4H9NO2/c10-6-2-1-3-7(11)5(6)4-8(15)14-9(12)13;1-2-3-7-4(5)6/h1-3H,4H2,(H4,12,13,14,15);2-3H2,1H3,(H2,5,6). The highest BCUT2D eigenvalue weighted by Gasteiger charge is 2.10. The number of benzene rings is 1. The van der Waals surface area contributed by atoms with Crippen LogP contribution in [-0.4, -0.2) is 24.6 Å². The molecule has 2 amide bonds. The van der Waals surface area contributed by atoms with Crippen LogP contribution in [0.3, 0.4) is 0 Å². The SMILES string of the molecule is CCCOC(N)=O.N=C(N)NC(=O)Cc1c(Cl)cccc1Cl. The van der Waals surface area contributed by atoms with E-state index in [9.17, 15) is 9.59 Å². The summed E-state index contributed by atoms with van der Waals surface area (Å²) in [5.41, 5.74) is 10.2. The van der Waals surface area contributed by atoms with Crippen molar-refractivity contribution in [3.63, 3.8) is 0 Å². The molecule has 0 aliphatic heterocycles. The minimum Gasteiger partial charge on any atom is -0.450 e. The largest absolute Gasteiger partial charge is 0.450 e. The maximum absolute atomic E-state index is 11.3. The van der Waals surface area contributed by atoms with E-state index >= 15 is 0 Å². The third kappa shape index (κ3) is 9.04. The first kappa shape index (κ1) is 20.0. The number of ether oxygens (including phenoxy) is 1. The van der Waals surface area contributed by atoms with Crippen molar-refractivity contribution in [2.75, 3.05) is 6.61 Å². The minimum absolute atomic E-state index is 0.00190. The number of rotatable bonds is 4. The van der Waals surface area contributed by atoms with Gasteiger partial charge in [0.05, 0.1) is 13.0 Å². The maximum atomic E-state index is 11.3. The minimum atomic E-state index is -0.693. The number of halogens is 2. The van der Waals surface area contributed by atoms with Crippen molar-refractivity contribution in [1.82, 2.24) is 5.32 Å². The topological polar surface area (TPSA) is 131 Å². The van der Waals surface area contributed by atoms with E-state index in [0.717, 1.165) is 6.42 Å². The highest BCUT2D eigenvalue weighted by Crippen LogP contribution is 2.24. The molecular weight excluding hydrogens is 331 g/mol. The molecule has 1 rings (SSSR count). The van der Waals surface area contributed by atoms with Gasteiger partial charge in [0.15, 0.2) is 5.96 Å². The molecule has 0 aliphatic rings. The summed E-state index contributed by atoms with van der Waals surface area (Å²) in [5, 5.41) is 9.86. The molecule has 9 heteroatoms. The highest BCUT2D eigenvalue weighted by molar-refractivity contribution is 6.36. The molecule has 22 heavy (non-hydrogen) atoms. The zero-order valence-corrected chi connectivity index (χ0v) is 13.5. The lowest BCUT2D eigenvalue weighted by Crippen LogP contribution is -2.36. The Hall–Kier alpha value is -1.99. The highest BCUT2D eigenvalue weighted by atomic mass is 35.5. The van der Waals surface area contributed by atoms with E-state index in [1.54, 1.807) is 18.2 Å². The molecule has 0 heterocycles. The Kier molecular flexibility index (Phi) is 9.73. The van der Waals surface area contributed by atoms with E-state index < -0.39 is 18.0 Å². The first-order valence-corrected chi connectivity index (χ1v) is 7.02. The number of hydrogen-bond donors (Lipinski definition) is 4. The molecular formula is C13H18Cl2N4O3. The maximum Gasteiger partial charge on any atom is 0.404 e. The van der Waals surface area contributed by atoms with Crippen molar-refractivity contribution in [3.8, 4) is 0 Å². The van der Waals surface area contributed by atoms with E-state index in [1.165, 1.54) is 0 Å². The van der Waals surface area contributed by atoms with E-state index in [-0.39, 0.29) is 6.42 Å². The Labute approximate surface area is 138 Å².